The lowest BCUT2D eigenvalue weighted by Crippen LogP contribution is -2.20. The van der Waals surface area contributed by atoms with Crippen molar-refractivity contribution >= 4 is 17.3 Å². The summed E-state index contributed by atoms with van der Waals surface area (Å²) in [7, 11) is 3.27. The zero-order valence-corrected chi connectivity index (χ0v) is 9.56. The minimum absolute atomic E-state index is 0.128. The van der Waals surface area contributed by atoms with Gasteiger partial charge in [-0.05, 0) is 11.6 Å². The molecule has 0 heterocycles. The average Bonchev–Trinajstić information content (AvgIpc) is 2.14. The maximum atomic E-state index is 12.1. The molecule has 0 aliphatic carbocycles. The van der Waals surface area contributed by atoms with Crippen molar-refractivity contribution in [2.24, 2.45) is 0 Å². The molecule has 0 radical (unpaired) electrons. The van der Waals surface area contributed by atoms with Crippen LogP contribution < -0.4 is 9.64 Å². The number of ether oxygens (including phenoxy) is 1. The molecule has 0 amide bonds. The van der Waals surface area contributed by atoms with Crippen molar-refractivity contribution in [1.29, 1.82) is 0 Å². The summed E-state index contributed by atoms with van der Waals surface area (Å²) in [5.41, 5.74) is 0.934. The van der Waals surface area contributed by atoms with Crippen LogP contribution in [0.4, 0.5) is 18.9 Å². The summed E-state index contributed by atoms with van der Waals surface area (Å²) in [6, 6.07) is 4.40. The number of hydrogen-bond acceptors (Lipinski definition) is 2. The van der Waals surface area contributed by atoms with Gasteiger partial charge in [0.25, 0.3) is 0 Å². The van der Waals surface area contributed by atoms with Gasteiger partial charge in [0.05, 0.1) is 5.69 Å². The quantitative estimate of drug-likeness (QED) is 0.766. The molecular formula is C10H11ClF3NO. The Hall–Kier alpha value is -1.10. The van der Waals surface area contributed by atoms with E-state index in [4.69, 9.17) is 11.6 Å². The monoisotopic (exact) mass is 253 g/mol. The van der Waals surface area contributed by atoms with Crippen LogP contribution in [0.2, 0.25) is 0 Å². The molecule has 0 N–H and O–H groups in total. The minimum atomic E-state index is -4.70. The highest BCUT2D eigenvalue weighted by molar-refractivity contribution is 6.17. The number of para-hydroxylation sites is 1. The summed E-state index contributed by atoms with van der Waals surface area (Å²) in [5.74, 6) is -0.113. The van der Waals surface area contributed by atoms with E-state index in [-0.39, 0.29) is 11.6 Å². The summed E-state index contributed by atoms with van der Waals surface area (Å²) in [4.78, 5) is 1.54. The van der Waals surface area contributed by atoms with Gasteiger partial charge < -0.3 is 9.64 Å². The van der Waals surface area contributed by atoms with Gasteiger partial charge in [0.15, 0.2) is 5.75 Å². The topological polar surface area (TPSA) is 12.5 Å². The molecule has 0 saturated carbocycles. The second-order valence-corrected chi connectivity index (χ2v) is 3.61. The van der Waals surface area contributed by atoms with Crippen molar-refractivity contribution in [1.82, 2.24) is 0 Å². The van der Waals surface area contributed by atoms with Crippen LogP contribution in [0.15, 0.2) is 18.2 Å². The highest BCUT2D eigenvalue weighted by Crippen LogP contribution is 2.35. The van der Waals surface area contributed by atoms with Crippen molar-refractivity contribution in [3.05, 3.63) is 23.8 Å². The van der Waals surface area contributed by atoms with Crippen molar-refractivity contribution in [2.75, 3.05) is 19.0 Å². The number of benzene rings is 1. The Morgan fingerprint density at radius 3 is 2.38 bits per heavy atom. The Morgan fingerprint density at radius 2 is 1.94 bits per heavy atom. The maximum Gasteiger partial charge on any atom is 0.573 e. The number of alkyl halides is 4. The fraction of sp³-hybridized carbons (Fsp3) is 0.400. The molecular weight excluding hydrogens is 243 g/mol. The van der Waals surface area contributed by atoms with Crippen molar-refractivity contribution < 1.29 is 17.9 Å². The van der Waals surface area contributed by atoms with Gasteiger partial charge in [-0.2, -0.15) is 0 Å². The fourth-order valence-electron chi connectivity index (χ4n) is 1.39. The predicted molar refractivity (Wildman–Crippen MR) is 57.0 cm³/mol. The zero-order valence-electron chi connectivity index (χ0n) is 8.81. The van der Waals surface area contributed by atoms with Crippen LogP contribution in [0.3, 0.4) is 0 Å². The summed E-state index contributed by atoms with van der Waals surface area (Å²) in [6.07, 6.45) is -4.70. The molecule has 0 fully saturated rings. The van der Waals surface area contributed by atoms with Gasteiger partial charge in [-0.3, -0.25) is 0 Å². The Kier molecular flexibility index (Phi) is 3.91. The van der Waals surface area contributed by atoms with E-state index in [1.54, 1.807) is 25.1 Å². The van der Waals surface area contributed by atoms with Crippen LogP contribution in [0.5, 0.6) is 5.75 Å². The van der Waals surface area contributed by atoms with Gasteiger partial charge in [0.2, 0.25) is 0 Å². The number of hydrogen-bond donors (Lipinski definition) is 0. The van der Waals surface area contributed by atoms with Crippen LogP contribution >= 0.6 is 11.6 Å². The molecule has 0 aromatic heterocycles. The molecule has 0 aliphatic heterocycles. The third-order valence-corrected chi connectivity index (χ3v) is 2.19. The summed E-state index contributed by atoms with van der Waals surface area (Å²) in [5, 5.41) is 0. The minimum Gasteiger partial charge on any atom is -0.404 e. The smallest absolute Gasteiger partial charge is 0.404 e. The molecule has 0 bridgehead atoms. The summed E-state index contributed by atoms with van der Waals surface area (Å²) in [6.45, 7) is 0. The molecule has 1 aromatic rings. The normalized spacial score (nSPS) is 11.4. The summed E-state index contributed by atoms with van der Waals surface area (Å²) < 4.78 is 40.4. The van der Waals surface area contributed by atoms with Crippen LogP contribution in [-0.2, 0) is 5.88 Å². The highest BCUT2D eigenvalue weighted by atomic mass is 35.5. The van der Waals surface area contributed by atoms with Crippen LogP contribution in [0, 0.1) is 0 Å². The van der Waals surface area contributed by atoms with Gasteiger partial charge in [-0.25, -0.2) is 0 Å². The first-order chi connectivity index (χ1) is 7.35. The Bertz CT molecular complexity index is 366. The van der Waals surface area contributed by atoms with E-state index in [0.29, 0.717) is 11.3 Å². The van der Waals surface area contributed by atoms with Crippen LogP contribution in [-0.4, -0.2) is 20.5 Å². The number of rotatable bonds is 3. The molecule has 0 spiro atoms. The number of nitrogens with zero attached hydrogens (tertiary/aromatic N) is 1. The molecule has 0 aliphatic rings. The number of halogens is 4. The van der Waals surface area contributed by atoms with E-state index in [0.717, 1.165) is 0 Å². The molecule has 2 nitrogen and oxygen atoms in total. The van der Waals surface area contributed by atoms with Crippen molar-refractivity contribution in [3.63, 3.8) is 0 Å². The molecule has 1 rings (SSSR count). The number of anilines is 1. The average molecular weight is 254 g/mol. The second kappa shape index (κ2) is 4.82. The van der Waals surface area contributed by atoms with Crippen LogP contribution in [0.1, 0.15) is 5.56 Å². The van der Waals surface area contributed by atoms with E-state index in [2.05, 4.69) is 4.74 Å². The van der Waals surface area contributed by atoms with E-state index in [1.165, 1.54) is 12.1 Å². The van der Waals surface area contributed by atoms with Gasteiger partial charge in [-0.1, -0.05) is 12.1 Å². The molecule has 0 saturated heterocycles. The van der Waals surface area contributed by atoms with Gasteiger partial charge in [-0.15, -0.1) is 24.8 Å². The highest BCUT2D eigenvalue weighted by Gasteiger charge is 2.32. The first-order valence-electron chi connectivity index (χ1n) is 4.46. The molecule has 16 heavy (non-hydrogen) atoms. The van der Waals surface area contributed by atoms with Gasteiger partial charge in [0, 0.05) is 20.0 Å². The molecule has 1 aromatic carbocycles. The lowest BCUT2D eigenvalue weighted by Gasteiger charge is -2.21. The fourth-order valence-corrected chi connectivity index (χ4v) is 1.61. The summed E-state index contributed by atoms with van der Waals surface area (Å²) >= 11 is 5.66. The van der Waals surface area contributed by atoms with Crippen LogP contribution in [0.25, 0.3) is 0 Å². The van der Waals surface area contributed by atoms with Crippen molar-refractivity contribution in [2.45, 2.75) is 12.2 Å². The largest absolute Gasteiger partial charge is 0.573 e. The van der Waals surface area contributed by atoms with Crippen molar-refractivity contribution in [3.8, 4) is 5.75 Å². The first-order valence-corrected chi connectivity index (χ1v) is 4.99. The SMILES string of the molecule is CN(C)c1c(CCl)cccc1OC(F)(F)F. The second-order valence-electron chi connectivity index (χ2n) is 3.34. The molecule has 90 valence electrons. The lowest BCUT2D eigenvalue weighted by atomic mass is 10.1. The van der Waals surface area contributed by atoms with E-state index in [1.807, 2.05) is 0 Å². The molecule has 6 heteroatoms. The zero-order chi connectivity index (χ0) is 12.3. The standard InChI is InChI=1S/C10H11ClF3NO/c1-15(2)9-7(6-11)4-3-5-8(9)16-10(12,13)14/h3-5H,6H2,1-2H3. The van der Waals surface area contributed by atoms with E-state index in [9.17, 15) is 13.2 Å². The van der Waals surface area contributed by atoms with E-state index >= 15 is 0 Å². The third-order valence-electron chi connectivity index (χ3n) is 1.90. The Labute approximate surface area is 96.6 Å². The van der Waals surface area contributed by atoms with Gasteiger partial charge >= 0.3 is 6.36 Å². The maximum absolute atomic E-state index is 12.1. The predicted octanol–water partition coefficient (Wildman–Crippen LogP) is 3.39. The third kappa shape index (κ3) is 3.20. The Morgan fingerprint density at radius 1 is 1.31 bits per heavy atom. The Balaban J connectivity index is 3.17. The molecule has 0 unspecified atom stereocenters. The van der Waals surface area contributed by atoms with Gasteiger partial charge in [0.1, 0.15) is 0 Å². The lowest BCUT2D eigenvalue weighted by molar-refractivity contribution is -0.274. The first kappa shape index (κ1) is 13.0. The molecule has 0 atom stereocenters. The van der Waals surface area contributed by atoms with E-state index < -0.39 is 6.36 Å².